The van der Waals surface area contributed by atoms with E-state index in [4.69, 9.17) is 34.8 Å². The van der Waals surface area contributed by atoms with Crippen LogP contribution in [0.3, 0.4) is 0 Å². The summed E-state index contributed by atoms with van der Waals surface area (Å²) in [6.07, 6.45) is 0. The number of carbonyl (C=O) groups excluding carboxylic acids is 1. The fourth-order valence-electron chi connectivity index (χ4n) is 1.85. The lowest BCUT2D eigenvalue weighted by Crippen LogP contribution is -2.34. The van der Waals surface area contributed by atoms with E-state index < -0.39 is 9.70 Å². The standard InChI is InChI=1S/C13H18Cl3N3O/c1-18(2)10-6-5-7-11(19(3)4)9(10)8-17-12(20)13(14,15)16/h5-7H,8H2,1-4H3,(H,17,20). The first-order valence-corrected chi connectivity index (χ1v) is 7.09. The number of amides is 1. The molecule has 0 spiro atoms. The highest BCUT2D eigenvalue weighted by Gasteiger charge is 2.30. The molecule has 0 fully saturated rings. The molecular weight excluding hydrogens is 321 g/mol. The van der Waals surface area contributed by atoms with Gasteiger partial charge < -0.3 is 15.1 Å². The minimum absolute atomic E-state index is 0.286. The van der Waals surface area contributed by atoms with Crippen LogP contribution in [0.15, 0.2) is 18.2 Å². The molecule has 4 nitrogen and oxygen atoms in total. The molecule has 0 aliphatic carbocycles. The molecule has 20 heavy (non-hydrogen) atoms. The predicted octanol–water partition coefficient (Wildman–Crippen LogP) is 2.81. The number of benzene rings is 1. The van der Waals surface area contributed by atoms with Gasteiger partial charge in [-0.15, -0.1) is 0 Å². The van der Waals surface area contributed by atoms with E-state index in [2.05, 4.69) is 5.32 Å². The molecule has 0 aliphatic heterocycles. The Hall–Kier alpha value is -0.840. The Bertz CT molecular complexity index is 458. The van der Waals surface area contributed by atoms with Crippen molar-refractivity contribution >= 4 is 52.1 Å². The van der Waals surface area contributed by atoms with Crippen molar-refractivity contribution in [2.75, 3.05) is 38.0 Å². The van der Waals surface area contributed by atoms with Gasteiger partial charge in [-0.3, -0.25) is 4.79 Å². The van der Waals surface area contributed by atoms with Crippen molar-refractivity contribution in [2.45, 2.75) is 10.3 Å². The summed E-state index contributed by atoms with van der Waals surface area (Å²) in [4.78, 5) is 15.6. The SMILES string of the molecule is CN(C)c1cccc(N(C)C)c1CNC(=O)C(Cl)(Cl)Cl. The van der Waals surface area contributed by atoms with Crippen molar-refractivity contribution < 1.29 is 4.79 Å². The highest BCUT2D eigenvalue weighted by atomic mass is 35.6. The van der Waals surface area contributed by atoms with Gasteiger partial charge in [0.1, 0.15) is 0 Å². The monoisotopic (exact) mass is 337 g/mol. The summed E-state index contributed by atoms with van der Waals surface area (Å²) in [7, 11) is 7.76. The number of rotatable bonds is 4. The van der Waals surface area contributed by atoms with E-state index in [1.807, 2.05) is 56.2 Å². The van der Waals surface area contributed by atoms with Gasteiger partial charge in [0.25, 0.3) is 9.70 Å². The van der Waals surface area contributed by atoms with E-state index in [-0.39, 0.29) is 6.54 Å². The third-order valence-corrected chi connectivity index (χ3v) is 3.29. The molecule has 0 unspecified atom stereocenters. The van der Waals surface area contributed by atoms with Crippen LogP contribution in [0.2, 0.25) is 0 Å². The Morgan fingerprint density at radius 1 is 1.10 bits per heavy atom. The van der Waals surface area contributed by atoms with Crippen molar-refractivity contribution in [2.24, 2.45) is 0 Å². The molecule has 1 aromatic carbocycles. The average molecular weight is 339 g/mol. The molecule has 0 aliphatic rings. The Labute approximate surface area is 134 Å². The predicted molar refractivity (Wildman–Crippen MR) is 87.2 cm³/mol. The van der Waals surface area contributed by atoms with E-state index in [0.29, 0.717) is 0 Å². The maximum Gasteiger partial charge on any atom is 0.272 e. The third-order valence-electron chi connectivity index (χ3n) is 2.77. The molecule has 0 bridgehead atoms. The van der Waals surface area contributed by atoms with Crippen molar-refractivity contribution in [3.05, 3.63) is 23.8 Å². The number of carbonyl (C=O) groups is 1. The van der Waals surface area contributed by atoms with E-state index >= 15 is 0 Å². The van der Waals surface area contributed by atoms with Crippen LogP contribution in [0.5, 0.6) is 0 Å². The zero-order valence-corrected chi connectivity index (χ0v) is 14.1. The second kappa shape index (κ2) is 6.74. The number of hydrogen-bond donors (Lipinski definition) is 1. The van der Waals surface area contributed by atoms with Crippen LogP contribution in [0.1, 0.15) is 5.56 Å². The van der Waals surface area contributed by atoms with Crippen LogP contribution in [-0.2, 0) is 11.3 Å². The summed E-state index contributed by atoms with van der Waals surface area (Å²) in [5.41, 5.74) is 2.96. The molecule has 1 N–H and O–H groups in total. The summed E-state index contributed by atoms with van der Waals surface area (Å²) in [5.74, 6) is -0.638. The van der Waals surface area contributed by atoms with Gasteiger partial charge in [0.2, 0.25) is 0 Å². The molecule has 0 aromatic heterocycles. The van der Waals surface area contributed by atoms with Gasteiger partial charge in [0.05, 0.1) is 0 Å². The molecule has 0 radical (unpaired) electrons. The van der Waals surface area contributed by atoms with Gasteiger partial charge >= 0.3 is 0 Å². The molecular formula is C13H18Cl3N3O. The quantitative estimate of drug-likeness (QED) is 0.858. The highest BCUT2D eigenvalue weighted by molar-refractivity contribution is 6.76. The van der Waals surface area contributed by atoms with Gasteiger partial charge in [0.15, 0.2) is 0 Å². The van der Waals surface area contributed by atoms with Crippen molar-refractivity contribution in [3.8, 4) is 0 Å². The molecule has 0 saturated carbocycles. The lowest BCUT2D eigenvalue weighted by molar-refractivity contribution is -0.120. The smallest absolute Gasteiger partial charge is 0.272 e. The molecule has 1 amide bonds. The maximum absolute atomic E-state index is 11.7. The van der Waals surface area contributed by atoms with Gasteiger partial charge in [0, 0.05) is 51.7 Å². The zero-order valence-electron chi connectivity index (χ0n) is 11.9. The topological polar surface area (TPSA) is 35.6 Å². The lowest BCUT2D eigenvalue weighted by atomic mass is 10.1. The fraction of sp³-hybridized carbons (Fsp3) is 0.462. The van der Waals surface area contributed by atoms with Crippen LogP contribution in [0, 0.1) is 0 Å². The second-order valence-electron chi connectivity index (χ2n) is 4.74. The van der Waals surface area contributed by atoms with Crippen LogP contribution < -0.4 is 15.1 Å². The van der Waals surface area contributed by atoms with E-state index in [1.54, 1.807) is 0 Å². The van der Waals surface area contributed by atoms with Crippen LogP contribution >= 0.6 is 34.8 Å². The number of nitrogens with zero attached hydrogens (tertiary/aromatic N) is 2. The largest absolute Gasteiger partial charge is 0.377 e. The first-order valence-electron chi connectivity index (χ1n) is 5.96. The Kier molecular flexibility index (Phi) is 5.80. The molecule has 1 rings (SSSR count). The van der Waals surface area contributed by atoms with Crippen molar-refractivity contribution in [3.63, 3.8) is 0 Å². The zero-order chi connectivity index (χ0) is 15.5. The lowest BCUT2D eigenvalue weighted by Gasteiger charge is -2.24. The number of nitrogens with one attached hydrogen (secondary N) is 1. The molecule has 0 heterocycles. The molecule has 112 valence electrons. The molecule has 0 saturated heterocycles. The summed E-state index contributed by atoms with van der Waals surface area (Å²) in [6, 6.07) is 5.92. The number of anilines is 2. The maximum atomic E-state index is 11.7. The fourth-order valence-corrected chi connectivity index (χ4v) is 2.05. The molecule has 7 heteroatoms. The second-order valence-corrected chi connectivity index (χ2v) is 7.03. The average Bonchev–Trinajstić information content (AvgIpc) is 2.33. The Morgan fingerprint density at radius 3 is 1.90 bits per heavy atom. The Balaban J connectivity index is 3.06. The van der Waals surface area contributed by atoms with Crippen LogP contribution in [0.25, 0.3) is 0 Å². The first kappa shape index (κ1) is 17.2. The van der Waals surface area contributed by atoms with Crippen LogP contribution in [-0.4, -0.2) is 37.9 Å². The summed E-state index contributed by atoms with van der Waals surface area (Å²) in [5, 5.41) is 2.64. The highest BCUT2D eigenvalue weighted by Crippen LogP contribution is 2.30. The summed E-state index contributed by atoms with van der Waals surface area (Å²) < 4.78 is -1.95. The molecule has 1 aromatic rings. The van der Waals surface area contributed by atoms with Gasteiger partial charge in [-0.05, 0) is 12.1 Å². The van der Waals surface area contributed by atoms with Crippen LogP contribution in [0.4, 0.5) is 11.4 Å². The minimum Gasteiger partial charge on any atom is -0.377 e. The number of hydrogen-bond acceptors (Lipinski definition) is 3. The van der Waals surface area contributed by atoms with E-state index in [9.17, 15) is 4.79 Å². The molecule has 0 atom stereocenters. The summed E-state index contributed by atoms with van der Waals surface area (Å²) in [6.45, 7) is 0.286. The Morgan fingerprint density at radius 2 is 1.55 bits per heavy atom. The normalized spacial score (nSPS) is 11.2. The number of halogens is 3. The van der Waals surface area contributed by atoms with Gasteiger partial charge in [-0.25, -0.2) is 0 Å². The van der Waals surface area contributed by atoms with Gasteiger partial charge in [-0.2, -0.15) is 0 Å². The van der Waals surface area contributed by atoms with E-state index in [1.165, 1.54) is 0 Å². The minimum atomic E-state index is -1.95. The van der Waals surface area contributed by atoms with E-state index in [0.717, 1.165) is 16.9 Å². The van der Waals surface area contributed by atoms with Crippen molar-refractivity contribution in [1.82, 2.24) is 5.32 Å². The third kappa shape index (κ3) is 4.33. The van der Waals surface area contributed by atoms with Gasteiger partial charge in [-0.1, -0.05) is 40.9 Å². The number of alkyl halides is 3. The summed E-state index contributed by atoms with van der Waals surface area (Å²) >= 11 is 16.7. The van der Waals surface area contributed by atoms with Crippen molar-refractivity contribution in [1.29, 1.82) is 0 Å². The first-order chi connectivity index (χ1) is 9.14.